The third-order valence-corrected chi connectivity index (χ3v) is 2.35. The average molecular weight is 253 g/mol. The quantitative estimate of drug-likeness (QED) is 0.418. The first-order valence-corrected chi connectivity index (χ1v) is 5.85. The van der Waals surface area contributed by atoms with Crippen LogP contribution in [0.5, 0.6) is 5.88 Å². The summed E-state index contributed by atoms with van der Waals surface area (Å²) in [6.45, 7) is 5.79. The van der Waals surface area contributed by atoms with Gasteiger partial charge >= 0.3 is 5.97 Å². The van der Waals surface area contributed by atoms with E-state index in [-0.39, 0.29) is 12.6 Å². The molecule has 0 saturated carbocycles. The first-order chi connectivity index (χ1) is 8.63. The Balaban J connectivity index is 2.28. The zero-order valence-corrected chi connectivity index (χ0v) is 10.5. The lowest BCUT2D eigenvalue weighted by Gasteiger charge is -2.15. The second kappa shape index (κ2) is 7.68. The summed E-state index contributed by atoms with van der Waals surface area (Å²) in [4.78, 5) is 14.4. The van der Waals surface area contributed by atoms with Gasteiger partial charge in [0.25, 0.3) is 0 Å². The van der Waals surface area contributed by atoms with Gasteiger partial charge in [0.2, 0.25) is 5.88 Å². The molecule has 5 nitrogen and oxygen atoms in total. The summed E-state index contributed by atoms with van der Waals surface area (Å²) in [6, 6.07) is 3.40. The Bertz CT molecular complexity index is 361. The summed E-state index contributed by atoms with van der Waals surface area (Å²) in [7, 11) is 0. The number of aromatic amines is 1. The first-order valence-electron chi connectivity index (χ1n) is 5.85. The maximum absolute atomic E-state index is 11.7. The number of hydrogen-bond donors (Lipinski definition) is 2. The molecule has 0 fully saturated rings. The first kappa shape index (κ1) is 14.5. The van der Waals surface area contributed by atoms with E-state index < -0.39 is 12.0 Å². The SMILES string of the molecule is C=CCOCC(O)CC(C)C(=O)Oc1ccc[nH]1. The van der Waals surface area contributed by atoms with Gasteiger partial charge < -0.3 is 19.6 Å². The molecule has 1 rings (SSSR count). The minimum absolute atomic E-state index is 0.187. The van der Waals surface area contributed by atoms with Crippen molar-refractivity contribution in [3.8, 4) is 5.88 Å². The number of aliphatic hydroxyl groups is 1. The van der Waals surface area contributed by atoms with Crippen molar-refractivity contribution in [2.45, 2.75) is 19.4 Å². The molecule has 0 bridgehead atoms. The average Bonchev–Trinajstić information content (AvgIpc) is 2.82. The fraction of sp³-hybridized carbons (Fsp3) is 0.462. The maximum atomic E-state index is 11.7. The number of carbonyl (C=O) groups excluding carboxylic acids is 1. The van der Waals surface area contributed by atoms with Crippen LogP contribution < -0.4 is 4.74 Å². The maximum Gasteiger partial charge on any atom is 0.315 e. The lowest BCUT2D eigenvalue weighted by molar-refractivity contribution is -0.139. The van der Waals surface area contributed by atoms with Gasteiger partial charge in [-0.05, 0) is 12.5 Å². The number of carbonyl (C=O) groups is 1. The number of nitrogens with one attached hydrogen (secondary N) is 1. The highest BCUT2D eigenvalue weighted by atomic mass is 16.5. The molecule has 0 saturated heterocycles. The summed E-state index contributed by atoms with van der Waals surface area (Å²) in [5.41, 5.74) is 0. The van der Waals surface area contributed by atoms with Crippen LogP contribution in [0, 0.1) is 5.92 Å². The van der Waals surface area contributed by atoms with Crippen molar-refractivity contribution in [2.24, 2.45) is 5.92 Å². The molecule has 2 unspecified atom stereocenters. The zero-order valence-electron chi connectivity index (χ0n) is 10.5. The molecular formula is C13H19NO4. The van der Waals surface area contributed by atoms with E-state index in [1.807, 2.05) is 0 Å². The van der Waals surface area contributed by atoms with Crippen molar-refractivity contribution in [3.05, 3.63) is 31.0 Å². The van der Waals surface area contributed by atoms with Crippen molar-refractivity contribution < 1.29 is 19.4 Å². The van der Waals surface area contributed by atoms with Gasteiger partial charge in [-0.15, -0.1) is 6.58 Å². The molecule has 1 aromatic rings. The van der Waals surface area contributed by atoms with Gasteiger partial charge in [0.05, 0.1) is 25.2 Å². The van der Waals surface area contributed by atoms with E-state index in [4.69, 9.17) is 9.47 Å². The second-order valence-electron chi connectivity index (χ2n) is 4.07. The number of rotatable bonds is 8. The number of H-pyrrole nitrogens is 1. The normalized spacial score (nSPS) is 13.9. The summed E-state index contributed by atoms with van der Waals surface area (Å²) >= 11 is 0. The molecule has 18 heavy (non-hydrogen) atoms. The minimum Gasteiger partial charge on any atom is -0.409 e. The minimum atomic E-state index is -0.684. The van der Waals surface area contributed by atoms with E-state index in [9.17, 15) is 9.90 Å². The van der Waals surface area contributed by atoms with Gasteiger partial charge in [0.1, 0.15) is 0 Å². The van der Waals surface area contributed by atoms with Crippen LogP contribution in [0.1, 0.15) is 13.3 Å². The molecule has 0 aliphatic rings. The molecule has 0 aliphatic carbocycles. The van der Waals surface area contributed by atoms with Crippen LogP contribution in [0.15, 0.2) is 31.0 Å². The van der Waals surface area contributed by atoms with Gasteiger partial charge in [-0.25, -0.2) is 0 Å². The molecule has 0 radical (unpaired) electrons. The Morgan fingerprint density at radius 1 is 1.67 bits per heavy atom. The lowest BCUT2D eigenvalue weighted by Crippen LogP contribution is -2.25. The predicted molar refractivity (Wildman–Crippen MR) is 67.2 cm³/mol. The topological polar surface area (TPSA) is 71.6 Å². The van der Waals surface area contributed by atoms with Crippen LogP contribution in [-0.2, 0) is 9.53 Å². The van der Waals surface area contributed by atoms with Crippen molar-refractivity contribution >= 4 is 5.97 Å². The van der Waals surface area contributed by atoms with Crippen LogP contribution in [0.4, 0.5) is 0 Å². The molecule has 100 valence electrons. The van der Waals surface area contributed by atoms with Gasteiger partial charge in [-0.1, -0.05) is 13.0 Å². The molecule has 0 amide bonds. The van der Waals surface area contributed by atoms with E-state index in [0.29, 0.717) is 18.9 Å². The number of ether oxygens (including phenoxy) is 2. The number of esters is 1. The fourth-order valence-electron chi connectivity index (χ4n) is 1.45. The van der Waals surface area contributed by atoms with E-state index in [2.05, 4.69) is 11.6 Å². The molecular weight excluding hydrogens is 234 g/mol. The third-order valence-electron chi connectivity index (χ3n) is 2.35. The number of aromatic nitrogens is 1. The van der Waals surface area contributed by atoms with E-state index in [1.54, 1.807) is 31.3 Å². The van der Waals surface area contributed by atoms with Crippen molar-refractivity contribution in [1.29, 1.82) is 0 Å². The Morgan fingerprint density at radius 3 is 3.06 bits per heavy atom. The summed E-state index contributed by atoms with van der Waals surface area (Å²) in [5.74, 6) is -0.361. The molecule has 0 spiro atoms. The smallest absolute Gasteiger partial charge is 0.315 e. The summed E-state index contributed by atoms with van der Waals surface area (Å²) < 4.78 is 10.2. The Labute approximate surface area is 106 Å². The highest BCUT2D eigenvalue weighted by Crippen LogP contribution is 2.12. The fourth-order valence-corrected chi connectivity index (χ4v) is 1.45. The third kappa shape index (κ3) is 5.16. The molecule has 5 heteroatoms. The molecule has 0 aliphatic heterocycles. The van der Waals surface area contributed by atoms with Crippen LogP contribution in [0.3, 0.4) is 0 Å². The second-order valence-corrected chi connectivity index (χ2v) is 4.07. The van der Waals surface area contributed by atoms with Crippen molar-refractivity contribution in [2.75, 3.05) is 13.2 Å². The van der Waals surface area contributed by atoms with E-state index >= 15 is 0 Å². The molecule has 2 N–H and O–H groups in total. The van der Waals surface area contributed by atoms with Crippen LogP contribution in [-0.4, -0.2) is 35.4 Å². The highest BCUT2D eigenvalue weighted by molar-refractivity contribution is 5.74. The molecule has 1 aromatic heterocycles. The summed E-state index contributed by atoms with van der Waals surface area (Å²) in [6.07, 6.45) is 2.90. The van der Waals surface area contributed by atoms with Gasteiger partial charge in [0, 0.05) is 12.3 Å². The van der Waals surface area contributed by atoms with E-state index in [0.717, 1.165) is 0 Å². The standard InChI is InChI=1S/C13H19NO4/c1-3-7-17-9-11(15)8-10(2)13(16)18-12-5-4-6-14-12/h3-6,10-11,14-15H,1,7-9H2,2H3. The Kier molecular flexibility index (Phi) is 6.18. The van der Waals surface area contributed by atoms with Crippen LogP contribution >= 0.6 is 0 Å². The molecule has 0 aromatic carbocycles. The number of aliphatic hydroxyl groups excluding tert-OH is 1. The molecule has 2 atom stereocenters. The largest absolute Gasteiger partial charge is 0.409 e. The molecule has 1 heterocycles. The Hall–Kier alpha value is -1.59. The number of hydrogen-bond acceptors (Lipinski definition) is 4. The zero-order chi connectivity index (χ0) is 13.4. The lowest BCUT2D eigenvalue weighted by atomic mass is 10.0. The van der Waals surface area contributed by atoms with Crippen molar-refractivity contribution in [3.63, 3.8) is 0 Å². The predicted octanol–water partition coefficient (Wildman–Crippen LogP) is 1.51. The van der Waals surface area contributed by atoms with Crippen molar-refractivity contribution in [1.82, 2.24) is 4.98 Å². The van der Waals surface area contributed by atoms with E-state index in [1.165, 1.54) is 0 Å². The Morgan fingerprint density at radius 2 is 2.44 bits per heavy atom. The van der Waals surface area contributed by atoms with Gasteiger partial charge in [-0.2, -0.15) is 0 Å². The monoisotopic (exact) mass is 253 g/mol. The highest BCUT2D eigenvalue weighted by Gasteiger charge is 2.19. The van der Waals surface area contributed by atoms with Crippen LogP contribution in [0.2, 0.25) is 0 Å². The van der Waals surface area contributed by atoms with Gasteiger partial charge in [-0.3, -0.25) is 4.79 Å². The van der Waals surface area contributed by atoms with Gasteiger partial charge in [0.15, 0.2) is 0 Å². The van der Waals surface area contributed by atoms with Crippen LogP contribution in [0.25, 0.3) is 0 Å². The summed E-state index contributed by atoms with van der Waals surface area (Å²) in [5, 5.41) is 9.65.